The third-order valence-electron chi connectivity index (χ3n) is 4.05. The normalized spacial score (nSPS) is 11.4. The Morgan fingerprint density at radius 1 is 1.04 bits per heavy atom. The van der Waals surface area contributed by atoms with E-state index in [-0.39, 0.29) is 16.7 Å². The van der Waals surface area contributed by atoms with Gasteiger partial charge in [0.2, 0.25) is 5.13 Å². The van der Waals surface area contributed by atoms with Crippen LogP contribution in [-0.2, 0) is 10.0 Å². The molecule has 0 radical (unpaired) electrons. The first kappa shape index (κ1) is 20.0. The summed E-state index contributed by atoms with van der Waals surface area (Å²) in [5.74, 6) is -0.138. The van der Waals surface area contributed by atoms with E-state index in [1.807, 2.05) is 19.9 Å². The lowest BCUT2D eigenvalue weighted by atomic mass is 10.2. The molecule has 1 heterocycles. The number of hydrogen-bond acceptors (Lipinski definition) is 6. The SMILES string of the molecule is CC(C)c1nnc(NC(=O)c2ccc(S(=O)(=O)N(C)c3ccccc3)cc2)s1. The molecule has 0 aliphatic carbocycles. The van der Waals surface area contributed by atoms with Crippen LogP contribution in [0.25, 0.3) is 0 Å². The predicted octanol–water partition coefficient (Wildman–Crippen LogP) is 3.74. The number of anilines is 2. The van der Waals surface area contributed by atoms with Crippen LogP contribution in [0.15, 0.2) is 59.5 Å². The number of sulfonamides is 1. The molecule has 7 nitrogen and oxygen atoms in total. The van der Waals surface area contributed by atoms with Crippen LogP contribution in [0.1, 0.15) is 35.1 Å². The van der Waals surface area contributed by atoms with Crippen molar-refractivity contribution in [3.63, 3.8) is 0 Å². The first-order valence-corrected chi connectivity index (χ1v) is 10.8. The number of carbonyl (C=O) groups is 1. The smallest absolute Gasteiger partial charge is 0.264 e. The highest BCUT2D eigenvalue weighted by Gasteiger charge is 2.21. The van der Waals surface area contributed by atoms with Gasteiger partial charge in [-0.05, 0) is 36.4 Å². The van der Waals surface area contributed by atoms with Crippen molar-refractivity contribution in [2.75, 3.05) is 16.7 Å². The van der Waals surface area contributed by atoms with Gasteiger partial charge in [0.25, 0.3) is 15.9 Å². The second kappa shape index (κ2) is 8.07. The standard InChI is InChI=1S/C19H20N4O3S2/c1-13(2)18-21-22-19(27-18)20-17(24)14-9-11-16(12-10-14)28(25,26)23(3)15-7-5-4-6-8-15/h4-13H,1-3H3,(H,20,22,24). The third-order valence-corrected chi connectivity index (χ3v) is 6.99. The van der Waals surface area contributed by atoms with Gasteiger partial charge in [0.1, 0.15) is 5.01 Å². The minimum absolute atomic E-state index is 0.105. The van der Waals surface area contributed by atoms with Crippen LogP contribution in [0.3, 0.4) is 0 Å². The van der Waals surface area contributed by atoms with E-state index in [0.29, 0.717) is 16.4 Å². The van der Waals surface area contributed by atoms with Crippen LogP contribution < -0.4 is 9.62 Å². The van der Waals surface area contributed by atoms with Crippen LogP contribution in [-0.4, -0.2) is 31.6 Å². The van der Waals surface area contributed by atoms with Crippen molar-refractivity contribution in [1.29, 1.82) is 0 Å². The first-order chi connectivity index (χ1) is 13.3. The number of nitrogens with one attached hydrogen (secondary N) is 1. The van der Waals surface area contributed by atoms with Gasteiger partial charge in [-0.3, -0.25) is 14.4 Å². The molecule has 3 aromatic rings. The lowest BCUT2D eigenvalue weighted by molar-refractivity contribution is 0.102. The van der Waals surface area contributed by atoms with Crippen LogP contribution in [0.5, 0.6) is 0 Å². The zero-order valence-corrected chi connectivity index (χ0v) is 17.3. The fraction of sp³-hybridized carbons (Fsp3) is 0.211. The van der Waals surface area contributed by atoms with Crippen LogP contribution >= 0.6 is 11.3 Å². The summed E-state index contributed by atoms with van der Waals surface area (Å²) >= 11 is 1.32. The maximum Gasteiger partial charge on any atom is 0.264 e. The molecule has 0 saturated carbocycles. The second-order valence-corrected chi connectivity index (χ2v) is 9.37. The minimum Gasteiger partial charge on any atom is -0.296 e. The number of rotatable bonds is 6. The molecule has 9 heteroatoms. The minimum atomic E-state index is -3.72. The maximum atomic E-state index is 12.8. The van der Waals surface area contributed by atoms with Gasteiger partial charge in [-0.2, -0.15) is 0 Å². The Morgan fingerprint density at radius 3 is 2.25 bits per heavy atom. The molecule has 0 aliphatic heterocycles. The van der Waals surface area contributed by atoms with Gasteiger partial charge in [-0.25, -0.2) is 8.42 Å². The topological polar surface area (TPSA) is 92.3 Å². The molecule has 0 fully saturated rings. The summed E-state index contributed by atoms with van der Waals surface area (Å²) in [5, 5.41) is 11.9. The van der Waals surface area contributed by atoms with Gasteiger partial charge in [-0.15, -0.1) is 10.2 Å². The Balaban J connectivity index is 1.76. The molecule has 0 atom stereocenters. The fourth-order valence-corrected chi connectivity index (χ4v) is 4.34. The van der Waals surface area contributed by atoms with Gasteiger partial charge in [0, 0.05) is 18.5 Å². The highest BCUT2D eigenvalue weighted by molar-refractivity contribution is 7.92. The van der Waals surface area contributed by atoms with Gasteiger partial charge in [0.15, 0.2) is 0 Å². The Hall–Kier alpha value is -2.78. The molecule has 146 valence electrons. The second-order valence-electron chi connectivity index (χ2n) is 6.39. The molecule has 28 heavy (non-hydrogen) atoms. The highest BCUT2D eigenvalue weighted by Crippen LogP contribution is 2.24. The molecule has 0 unspecified atom stereocenters. The molecular formula is C19H20N4O3S2. The van der Waals surface area contributed by atoms with E-state index in [2.05, 4.69) is 15.5 Å². The Bertz CT molecular complexity index is 1060. The van der Waals surface area contributed by atoms with Gasteiger partial charge in [-0.1, -0.05) is 43.4 Å². The maximum absolute atomic E-state index is 12.8. The van der Waals surface area contributed by atoms with Crippen LogP contribution in [0.4, 0.5) is 10.8 Å². The zero-order chi connectivity index (χ0) is 20.3. The van der Waals surface area contributed by atoms with Gasteiger partial charge < -0.3 is 0 Å². The van der Waals surface area contributed by atoms with E-state index < -0.39 is 10.0 Å². The monoisotopic (exact) mass is 416 g/mol. The highest BCUT2D eigenvalue weighted by atomic mass is 32.2. The van der Waals surface area contributed by atoms with Crippen LogP contribution in [0, 0.1) is 0 Å². The van der Waals surface area contributed by atoms with E-state index in [1.165, 1.54) is 47.0 Å². The summed E-state index contributed by atoms with van der Waals surface area (Å²) in [6, 6.07) is 14.6. The molecule has 1 aromatic heterocycles. The molecule has 3 rings (SSSR count). The van der Waals surface area contributed by atoms with E-state index in [1.54, 1.807) is 24.3 Å². The largest absolute Gasteiger partial charge is 0.296 e. The van der Waals surface area contributed by atoms with Crippen molar-refractivity contribution in [3.8, 4) is 0 Å². The van der Waals surface area contributed by atoms with Crippen molar-refractivity contribution in [3.05, 3.63) is 65.2 Å². The molecule has 1 N–H and O–H groups in total. The fourth-order valence-electron chi connectivity index (χ4n) is 2.40. The van der Waals surface area contributed by atoms with Crippen molar-refractivity contribution in [2.45, 2.75) is 24.7 Å². The number of para-hydroxylation sites is 1. The summed E-state index contributed by atoms with van der Waals surface area (Å²) in [6.45, 7) is 4.00. The lowest BCUT2D eigenvalue weighted by Crippen LogP contribution is -2.26. The Kier molecular flexibility index (Phi) is 5.76. The van der Waals surface area contributed by atoms with E-state index in [4.69, 9.17) is 0 Å². The third kappa shape index (κ3) is 4.20. The lowest BCUT2D eigenvalue weighted by Gasteiger charge is -2.19. The Morgan fingerprint density at radius 2 is 1.68 bits per heavy atom. The average Bonchev–Trinajstić information content (AvgIpc) is 3.17. The van der Waals surface area contributed by atoms with Crippen molar-refractivity contribution >= 4 is 38.1 Å². The quantitative estimate of drug-likeness (QED) is 0.661. The van der Waals surface area contributed by atoms with Gasteiger partial charge >= 0.3 is 0 Å². The molecule has 2 aromatic carbocycles. The Labute approximate surface area is 168 Å². The summed E-state index contributed by atoms with van der Waals surface area (Å²) in [4.78, 5) is 12.5. The first-order valence-electron chi connectivity index (χ1n) is 8.58. The number of amides is 1. The van der Waals surface area contributed by atoms with Crippen molar-refractivity contribution in [1.82, 2.24) is 10.2 Å². The number of aromatic nitrogens is 2. The van der Waals surface area contributed by atoms with E-state index in [9.17, 15) is 13.2 Å². The van der Waals surface area contributed by atoms with Crippen molar-refractivity contribution in [2.24, 2.45) is 0 Å². The van der Waals surface area contributed by atoms with E-state index >= 15 is 0 Å². The number of carbonyl (C=O) groups excluding carboxylic acids is 1. The van der Waals surface area contributed by atoms with Gasteiger partial charge in [0.05, 0.1) is 10.6 Å². The number of nitrogens with zero attached hydrogens (tertiary/aromatic N) is 3. The molecule has 1 amide bonds. The zero-order valence-electron chi connectivity index (χ0n) is 15.7. The summed E-state index contributed by atoms with van der Waals surface area (Å²) in [6.07, 6.45) is 0. The number of benzene rings is 2. The summed E-state index contributed by atoms with van der Waals surface area (Å²) in [7, 11) is -2.23. The number of hydrogen-bond donors (Lipinski definition) is 1. The molecule has 0 bridgehead atoms. The molecular weight excluding hydrogens is 396 g/mol. The summed E-state index contributed by atoms with van der Waals surface area (Å²) < 4.78 is 26.8. The molecule has 0 spiro atoms. The average molecular weight is 417 g/mol. The molecule has 0 saturated heterocycles. The van der Waals surface area contributed by atoms with E-state index in [0.717, 1.165) is 5.01 Å². The van der Waals surface area contributed by atoms with Crippen molar-refractivity contribution < 1.29 is 13.2 Å². The van der Waals surface area contributed by atoms with Crippen LogP contribution in [0.2, 0.25) is 0 Å². The predicted molar refractivity (Wildman–Crippen MR) is 110 cm³/mol. The molecule has 0 aliphatic rings. The summed E-state index contributed by atoms with van der Waals surface area (Å²) in [5.41, 5.74) is 0.893.